The molecule has 1 saturated carbocycles. The van der Waals surface area contributed by atoms with Crippen molar-refractivity contribution in [2.24, 2.45) is 0 Å². The number of rotatable bonds is 3. The number of carbonyl (C=O) groups is 2. The number of nitrogens with zero attached hydrogens (tertiary/aromatic N) is 2. The van der Waals surface area contributed by atoms with Crippen molar-refractivity contribution >= 4 is 11.9 Å². The van der Waals surface area contributed by atoms with E-state index in [2.05, 4.69) is 20.8 Å². The first-order chi connectivity index (χ1) is 12.1. The van der Waals surface area contributed by atoms with Gasteiger partial charge in [0, 0.05) is 31.2 Å². The highest BCUT2D eigenvalue weighted by Crippen LogP contribution is 2.17. The fourth-order valence-corrected chi connectivity index (χ4v) is 3.51. The Labute approximate surface area is 146 Å². The number of hydrogen-bond donors (Lipinski definition) is 3. The Morgan fingerprint density at radius 3 is 2.24 bits per heavy atom. The van der Waals surface area contributed by atoms with Crippen LogP contribution in [-0.4, -0.2) is 52.2 Å². The highest BCUT2D eigenvalue weighted by molar-refractivity contribution is 5.92. The lowest BCUT2D eigenvalue weighted by molar-refractivity contribution is 0.0701. The Morgan fingerprint density at radius 1 is 1.00 bits per heavy atom. The Bertz CT molecular complexity index is 640. The third kappa shape index (κ3) is 4.80. The van der Waals surface area contributed by atoms with Gasteiger partial charge in [0.2, 0.25) is 0 Å². The predicted molar refractivity (Wildman–Crippen MR) is 92.3 cm³/mol. The molecule has 0 radical (unpaired) electrons. The SMILES string of the molecule is O=C(NC1CCCCC1)NC1CCN(C(=O)c2ccc(=O)[nH]n2)CC1. The lowest BCUT2D eigenvalue weighted by Gasteiger charge is -2.32. The van der Waals surface area contributed by atoms with E-state index in [0.29, 0.717) is 32.0 Å². The summed E-state index contributed by atoms with van der Waals surface area (Å²) in [5, 5.41) is 12.1. The minimum Gasteiger partial charge on any atom is -0.337 e. The van der Waals surface area contributed by atoms with E-state index in [9.17, 15) is 14.4 Å². The maximum Gasteiger partial charge on any atom is 0.315 e. The average molecular weight is 347 g/mol. The summed E-state index contributed by atoms with van der Waals surface area (Å²) in [6.45, 7) is 1.13. The van der Waals surface area contributed by atoms with Gasteiger partial charge in [0.15, 0.2) is 0 Å². The number of carbonyl (C=O) groups excluding carboxylic acids is 2. The summed E-state index contributed by atoms with van der Waals surface area (Å²) in [4.78, 5) is 37.2. The van der Waals surface area contributed by atoms with Gasteiger partial charge < -0.3 is 15.5 Å². The number of likely N-dealkylation sites (tertiary alicyclic amines) is 1. The molecule has 2 fully saturated rings. The van der Waals surface area contributed by atoms with Gasteiger partial charge in [-0.05, 0) is 31.7 Å². The molecule has 136 valence electrons. The van der Waals surface area contributed by atoms with Crippen LogP contribution >= 0.6 is 0 Å². The van der Waals surface area contributed by atoms with Gasteiger partial charge in [-0.15, -0.1) is 0 Å². The predicted octanol–water partition coefficient (Wildman–Crippen LogP) is 1.01. The van der Waals surface area contributed by atoms with Crippen molar-refractivity contribution in [3.05, 3.63) is 28.2 Å². The molecule has 1 aromatic heterocycles. The lowest BCUT2D eigenvalue weighted by Crippen LogP contribution is -2.51. The normalized spacial score (nSPS) is 19.4. The molecular weight excluding hydrogens is 322 g/mol. The first-order valence-electron chi connectivity index (χ1n) is 9.04. The highest BCUT2D eigenvalue weighted by atomic mass is 16.2. The van der Waals surface area contributed by atoms with E-state index in [4.69, 9.17) is 0 Å². The number of nitrogens with one attached hydrogen (secondary N) is 3. The molecule has 1 aliphatic heterocycles. The van der Waals surface area contributed by atoms with E-state index in [1.54, 1.807) is 4.90 Å². The Hall–Kier alpha value is -2.38. The zero-order valence-electron chi connectivity index (χ0n) is 14.3. The van der Waals surface area contributed by atoms with Crippen LogP contribution in [-0.2, 0) is 0 Å². The molecule has 8 heteroatoms. The molecule has 1 saturated heterocycles. The number of piperidine rings is 1. The van der Waals surface area contributed by atoms with Crippen LogP contribution in [0.4, 0.5) is 4.79 Å². The highest BCUT2D eigenvalue weighted by Gasteiger charge is 2.26. The number of hydrogen-bond acceptors (Lipinski definition) is 4. The van der Waals surface area contributed by atoms with Gasteiger partial charge in [0.1, 0.15) is 5.69 Å². The van der Waals surface area contributed by atoms with Crippen LogP contribution in [0.1, 0.15) is 55.4 Å². The van der Waals surface area contributed by atoms with Gasteiger partial charge in [-0.2, -0.15) is 5.10 Å². The van der Waals surface area contributed by atoms with Gasteiger partial charge >= 0.3 is 6.03 Å². The molecule has 2 heterocycles. The maximum atomic E-state index is 12.3. The molecule has 1 aromatic rings. The zero-order valence-corrected chi connectivity index (χ0v) is 14.3. The fourth-order valence-electron chi connectivity index (χ4n) is 3.51. The summed E-state index contributed by atoms with van der Waals surface area (Å²) < 4.78 is 0. The lowest BCUT2D eigenvalue weighted by atomic mass is 9.96. The van der Waals surface area contributed by atoms with Crippen molar-refractivity contribution in [3.63, 3.8) is 0 Å². The molecule has 25 heavy (non-hydrogen) atoms. The van der Waals surface area contributed by atoms with Crippen LogP contribution in [0.5, 0.6) is 0 Å². The van der Waals surface area contributed by atoms with Crippen molar-refractivity contribution in [2.45, 2.75) is 57.0 Å². The molecule has 3 rings (SSSR count). The molecule has 1 aliphatic carbocycles. The summed E-state index contributed by atoms with van der Waals surface area (Å²) in [7, 11) is 0. The number of amides is 3. The van der Waals surface area contributed by atoms with E-state index in [-0.39, 0.29) is 29.2 Å². The second-order valence-electron chi connectivity index (χ2n) is 6.83. The first-order valence-corrected chi connectivity index (χ1v) is 9.04. The number of aromatic nitrogens is 2. The van der Waals surface area contributed by atoms with Crippen molar-refractivity contribution in [2.75, 3.05) is 13.1 Å². The van der Waals surface area contributed by atoms with Gasteiger partial charge in [0.05, 0.1) is 0 Å². The summed E-state index contributed by atoms with van der Waals surface area (Å²) in [5.74, 6) is -0.193. The fraction of sp³-hybridized carbons (Fsp3) is 0.647. The number of urea groups is 1. The van der Waals surface area contributed by atoms with Crippen molar-refractivity contribution in [1.29, 1.82) is 0 Å². The van der Waals surface area contributed by atoms with E-state index < -0.39 is 0 Å². The Balaban J connectivity index is 1.43. The van der Waals surface area contributed by atoms with Crippen LogP contribution in [0.15, 0.2) is 16.9 Å². The van der Waals surface area contributed by atoms with Gasteiger partial charge in [-0.25, -0.2) is 9.89 Å². The molecular formula is C17H25N5O3. The minimum absolute atomic E-state index is 0.0798. The average Bonchev–Trinajstić information content (AvgIpc) is 2.63. The minimum atomic E-state index is -0.330. The third-order valence-corrected chi connectivity index (χ3v) is 4.96. The molecule has 0 atom stereocenters. The van der Waals surface area contributed by atoms with E-state index in [0.717, 1.165) is 12.8 Å². The number of H-pyrrole nitrogens is 1. The second kappa shape index (κ2) is 8.13. The summed E-state index contributed by atoms with van der Waals surface area (Å²) in [5.41, 5.74) is -0.0931. The first kappa shape index (κ1) is 17.4. The van der Waals surface area contributed by atoms with Crippen LogP contribution in [0.3, 0.4) is 0 Å². The smallest absolute Gasteiger partial charge is 0.315 e. The quantitative estimate of drug-likeness (QED) is 0.758. The molecule has 3 amide bonds. The Morgan fingerprint density at radius 2 is 1.64 bits per heavy atom. The van der Waals surface area contributed by atoms with Crippen LogP contribution in [0.25, 0.3) is 0 Å². The standard InChI is InChI=1S/C17H25N5O3/c23-15-7-6-14(20-21-15)16(24)22-10-8-13(9-11-22)19-17(25)18-12-4-2-1-3-5-12/h6-7,12-13H,1-5,8-11H2,(H,21,23)(H2,18,19,25). The van der Waals surface area contributed by atoms with E-state index in [1.165, 1.54) is 31.4 Å². The van der Waals surface area contributed by atoms with Gasteiger partial charge in [0.25, 0.3) is 11.5 Å². The van der Waals surface area contributed by atoms with Crippen LogP contribution in [0, 0.1) is 0 Å². The van der Waals surface area contributed by atoms with Crippen LogP contribution < -0.4 is 16.2 Å². The molecule has 0 unspecified atom stereocenters. The summed E-state index contributed by atoms with van der Waals surface area (Å²) >= 11 is 0. The van der Waals surface area contributed by atoms with Crippen LogP contribution in [0.2, 0.25) is 0 Å². The summed E-state index contributed by atoms with van der Waals surface area (Å²) in [6.07, 6.45) is 7.18. The molecule has 0 bridgehead atoms. The monoisotopic (exact) mass is 347 g/mol. The topological polar surface area (TPSA) is 107 Å². The second-order valence-corrected chi connectivity index (χ2v) is 6.83. The van der Waals surface area contributed by atoms with Crippen molar-refractivity contribution in [3.8, 4) is 0 Å². The molecule has 0 aromatic carbocycles. The maximum absolute atomic E-state index is 12.3. The van der Waals surface area contributed by atoms with E-state index in [1.807, 2.05) is 0 Å². The molecule has 8 nitrogen and oxygen atoms in total. The summed E-state index contributed by atoms with van der Waals surface area (Å²) in [6, 6.07) is 3.00. The molecule has 0 spiro atoms. The number of aromatic amines is 1. The molecule has 3 N–H and O–H groups in total. The van der Waals surface area contributed by atoms with E-state index >= 15 is 0 Å². The van der Waals surface area contributed by atoms with Crippen molar-refractivity contribution in [1.82, 2.24) is 25.7 Å². The third-order valence-electron chi connectivity index (χ3n) is 4.96. The van der Waals surface area contributed by atoms with Gasteiger partial charge in [-0.3, -0.25) is 9.59 Å². The zero-order chi connectivity index (χ0) is 17.6. The Kier molecular flexibility index (Phi) is 5.67. The van der Waals surface area contributed by atoms with Crippen molar-refractivity contribution < 1.29 is 9.59 Å². The van der Waals surface area contributed by atoms with Gasteiger partial charge in [-0.1, -0.05) is 19.3 Å². The largest absolute Gasteiger partial charge is 0.337 e. The molecule has 2 aliphatic rings.